The Labute approximate surface area is 156 Å². The highest BCUT2D eigenvalue weighted by Gasteiger charge is 2.21. The first kappa shape index (κ1) is 16.7. The molecule has 2 aromatic carbocycles. The molecule has 0 radical (unpaired) electrons. The first-order chi connectivity index (χ1) is 12.7. The van der Waals surface area contributed by atoms with E-state index in [1.165, 1.54) is 22.9 Å². The highest BCUT2D eigenvalue weighted by molar-refractivity contribution is 6.99. The number of hydrogen-bond acceptors (Lipinski definition) is 5. The summed E-state index contributed by atoms with van der Waals surface area (Å²) in [4.78, 5) is 14.7. The van der Waals surface area contributed by atoms with Crippen LogP contribution in [-0.2, 0) is 19.6 Å². The zero-order valence-corrected chi connectivity index (χ0v) is 15.3. The van der Waals surface area contributed by atoms with Crippen molar-refractivity contribution in [3.8, 4) is 5.75 Å². The maximum atomic E-state index is 12.8. The van der Waals surface area contributed by atoms with Gasteiger partial charge >= 0.3 is 0 Å². The Hall–Kier alpha value is -2.73. The van der Waals surface area contributed by atoms with E-state index in [-0.39, 0.29) is 5.91 Å². The summed E-state index contributed by atoms with van der Waals surface area (Å²) in [7, 11) is 0. The standard InChI is InChI=1S/C20H19N3O2S/c1-14-19(22-26-21-14)13-25-18-8-6-16(7-9-18)20(24)23-11-10-15-4-2-3-5-17(15)12-23/h2-9H,10-13H2,1H3. The van der Waals surface area contributed by atoms with Gasteiger partial charge in [-0.3, -0.25) is 4.79 Å². The van der Waals surface area contributed by atoms with E-state index in [2.05, 4.69) is 26.9 Å². The summed E-state index contributed by atoms with van der Waals surface area (Å²) in [6.07, 6.45) is 0.907. The minimum atomic E-state index is 0.0607. The number of aryl methyl sites for hydroxylation is 1. The Morgan fingerprint density at radius 1 is 1.12 bits per heavy atom. The number of hydrogen-bond donors (Lipinski definition) is 0. The number of nitrogens with zero attached hydrogens (tertiary/aromatic N) is 3. The van der Waals surface area contributed by atoms with Crippen molar-refractivity contribution in [2.45, 2.75) is 26.5 Å². The maximum Gasteiger partial charge on any atom is 0.254 e. The van der Waals surface area contributed by atoms with Crippen LogP contribution >= 0.6 is 11.7 Å². The van der Waals surface area contributed by atoms with E-state index in [1.54, 1.807) is 0 Å². The average Bonchev–Trinajstić information content (AvgIpc) is 3.10. The van der Waals surface area contributed by atoms with Gasteiger partial charge in [0, 0.05) is 18.7 Å². The second kappa shape index (κ2) is 7.25. The van der Waals surface area contributed by atoms with E-state index in [1.807, 2.05) is 42.2 Å². The van der Waals surface area contributed by atoms with Crippen molar-refractivity contribution in [1.82, 2.24) is 13.6 Å². The first-order valence-electron chi connectivity index (χ1n) is 8.57. The van der Waals surface area contributed by atoms with Crippen LogP contribution in [0.25, 0.3) is 0 Å². The second-order valence-electron chi connectivity index (χ2n) is 6.35. The van der Waals surface area contributed by atoms with Gasteiger partial charge in [-0.05, 0) is 48.7 Å². The monoisotopic (exact) mass is 365 g/mol. The van der Waals surface area contributed by atoms with Gasteiger partial charge in [-0.1, -0.05) is 24.3 Å². The second-order valence-corrected chi connectivity index (χ2v) is 6.88. The first-order valence-corrected chi connectivity index (χ1v) is 9.31. The molecule has 6 heteroatoms. The minimum absolute atomic E-state index is 0.0607. The molecule has 26 heavy (non-hydrogen) atoms. The van der Waals surface area contributed by atoms with Gasteiger partial charge in [0.15, 0.2) is 0 Å². The van der Waals surface area contributed by atoms with Crippen molar-refractivity contribution in [1.29, 1.82) is 0 Å². The van der Waals surface area contributed by atoms with E-state index >= 15 is 0 Å². The maximum absolute atomic E-state index is 12.8. The fourth-order valence-corrected chi connectivity index (χ4v) is 3.63. The fourth-order valence-electron chi connectivity index (χ4n) is 3.08. The van der Waals surface area contributed by atoms with Crippen molar-refractivity contribution in [2.75, 3.05) is 6.54 Å². The van der Waals surface area contributed by atoms with Crippen molar-refractivity contribution >= 4 is 17.6 Å². The van der Waals surface area contributed by atoms with Gasteiger partial charge < -0.3 is 9.64 Å². The van der Waals surface area contributed by atoms with Crippen molar-refractivity contribution in [2.24, 2.45) is 0 Å². The molecule has 0 N–H and O–H groups in total. The summed E-state index contributed by atoms with van der Waals surface area (Å²) in [5, 5.41) is 0. The Kier molecular flexibility index (Phi) is 4.67. The molecule has 4 rings (SSSR count). The third kappa shape index (κ3) is 3.46. The number of fused-ring (bicyclic) bond motifs is 1. The smallest absolute Gasteiger partial charge is 0.254 e. The normalized spacial score (nSPS) is 13.3. The largest absolute Gasteiger partial charge is 0.487 e. The van der Waals surface area contributed by atoms with Crippen LogP contribution in [0, 0.1) is 6.92 Å². The SMILES string of the molecule is Cc1nsnc1COc1ccc(C(=O)N2CCc3ccccc3C2)cc1. The van der Waals surface area contributed by atoms with E-state index in [0.29, 0.717) is 18.7 Å². The lowest BCUT2D eigenvalue weighted by molar-refractivity contribution is 0.0734. The molecule has 0 saturated heterocycles. The lowest BCUT2D eigenvalue weighted by Gasteiger charge is -2.29. The van der Waals surface area contributed by atoms with Crippen molar-refractivity contribution < 1.29 is 9.53 Å². The van der Waals surface area contributed by atoms with Gasteiger partial charge in [-0.25, -0.2) is 0 Å². The molecule has 0 saturated carbocycles. The minimum Gasteiger partial charge on any atom is -0.487 e. The van der Waals surface area contributed by atoms with Gasteiger partial charge in [-0.2, -0.15) is 8.75 Å². The van der Waals surface area contributed by atoms with Gasteiger partial charge in [0.25, 0.3) is 5.91 Å². The molecule has 3 aromatic rings. The predicted octanol–water partition coefficient (Wildman–Crippen LogP) is 3.62. The highest BCUT2D eigenvalue weighted by atomic mass is 32.1. The number of benzene rings is 2. The Morgan fingerprint density at radius 3 is 2.62 bits per heavy atom. The topological polar surface area (TPSA) is 55.3 Å². The third-order valence-corrected chi connectivity index (χ3v) is 5.30. The molecule has 0 unspecified atom stereocenters. The quantitative estimate of drug-likeness (QED) is 0.709. The van der Waals surface area contributed by atoms with E-state index < -0.39 is 0 Å². The van der Waals surface area contributed by atoms with Crippen molar-refractivity contribution in [3.05, 3.63) is 76.6 Å². The highest BCUT2D eigenvalue weighted by Crippen LogP contribution is 2.21. The fraction of sp³-hybridized carbons (Fsp3) is 0.250. The summed E-state index contributed by atoms with van der Waals surface area (Å²) >= 11 is 1.19. The van der Waals surface area contributed by atoms with Crippen LogP contribution < -0.4 is 4.74 Å². The molecule has 1 aromatic heterocycles. The Morgan fingerprint density at radius 2 is 1.88 bits per heavy atom. The molecule has 0 bridgehead atoms. The molecule has 2 heterocycles. The number of ether oxygens (including phenoxy) is 1. The molecule has 0 aliphatic carbocycles. The molecular formula is C20H19N3O2S. The molecule has 5 nitrogen and oxygen atoms in total. The third-order valence-electron chi connectivity index (χ3n) is 4.64. The number of carbonyl (C=O) groups excluding carboxylic acids is 1. The Bertz CT molecular complexity index is 921. The summed E-state index contributed by atoms with van der Waals surface area (Å²) in [5.41, 5.74) is 5.00. The van der Waals surface area contributed by atoms with E-state index in [0.717, 1.165) is 30.1 Å². The molecule has 0 fully saturated rings. The van der Waals surface area contributed by atoms with Crippen LogP contribution in [0.3, 0.4) is 0 Å². The Balaban J connectivity index is 1.40. The summed E-state index contributed by atoms with van der Waals surface area (Å²) in [6.45, 7) is 3.73. The number of rotatable bonds is 4. The zero-order valence-electron chi connectivity index (χ0n) is 14.5. The molecule has 0 atom stereocenters. The lowest BCUT2D eigenvalue weighted by Crippen LogP contribution is -2.35. The van der Waals surface area contributed by atoms with Crippen LogP contribution in [0.15, 0.2) is 48.5 Å². The van der Waals surface area contributed by atoms with Crippen LogP contribution in [-0.4, -0.2) is 26.1 Å². The number of carbonyl (C=O) groups is 1. The molecule has 1 aliphatic rings. The van der Waals surface area contributed by atoms with Gasteiger partial charge in [0.1, 0.15) is 18.1 Å². The van der Waals surface area contributed by atoms with Gasteiger partial charge in [0.2, 0.25) is 0 Å². The summed E-state index contributed by atoms with van der Waals surface area (Å²) in [5.74, 6) is 0.781. The van der Waals surface area contributed by atoms with Crippen LogP contribution in [0.1, 0.15) is 32.9 Å². The van der Waals surface area contributed by atoms with Crippen LogP contribution in [0.2, 0.25) is 0 Å². The van der Waals surface area contributed by atoms with Gasteiger partial charge in [0.05, 0.1) is 17.4 Å². The lowest BCUT2D eigenvalue weighted by atomic mass is 9.99. The molecular weight excluding hydrogens is 346 g/mol. The molecule has 132 valence electrons. The molecule has 0 spiro atoms. The van der Waals surface area contributed by atoms with Crippen LogP contribution in [0.5, 0.6) is 5.75 Å². The van der Waals surface area contributed by atoms with Crippen molar-refractivity contribution in [3.63, 3.8) is 0 Å². The van der Waals surface area contributed by atoms with E-state index in [9.17, 15) is 4.79 Å². The molecule has 1 amide bonds. The molecule has 1 aliphatic heterocycles. The predicted molar refractivity (Wildman–Crippen MR) is 100 cm³/mol. The summed E-state index contributed by atoms with van der Waals surface area (Å²) < 4.78 is 14.1. The number of amides is 1. The van der Waals surface area contributed by atoms with E-state index in [4.69, 9.17) is 4.74 Å². The number of aromatic nitrogens is 2. The van der Waals surface area contributed by atoms with Crippen LogP contribution in [0.4, 0.5) is 0 Å². The summed E-state index contributed by atoms with van der Waals surface area (Å²) in [6, 6.07) is 15.6. The zero-order chi connectivity index (χ0) is 17.9. The van der Waals surface area contributed by atoms with Gasteiger partial charge in [-0.15, -0.1) is 0 Å². The average molecular weight is 365 g/mol.